The van der Waals surface area contributed by atoms with Gasteiger partial charge in [0, 0.05) is 0 Å². The van der Waals surface area contributed by atoms with Gasteiger partial charge in [-0.3, -0.25) is 10.1 Å². The molecule has 0 spiro atoms. The molecule has 2 unspecified atom stereocenters. The van der Waals surface area contributed by atoms with Crippen LogP contribution < -0.4 is 5.32 Å². The van der Waals surface area contributed by atoms with Crippen molar-refractivity contribution in [3.63, 3.8) is 0 Å². The van der Waals surface area contributed by atoms with Gasteiger partial charge in [-0.25, -0.2) is 0 Å². The second kappa shape index (κ2) is 6.59. The molecule has 0 radical (unpaired) electrons. The number of carbonyl (C=O) groups excluding carboxylic acids is 1. The molecule has 0 aliphatic heterocycles. The molecule has 1 saturated carbocycles. The Morgan fingerprint density at radius 3 is 2.58 bits per heavy atom. The van der Waals surface area contributed by atoms with Gasteiger partial charge in [-0.1, -0.05) is 26.2 Å². The van der Waals surface area contributed by atoms with E-state index < -0.39 is 24.2 Å². The van der Waals surface area contributed by atoms with Crippen molar-refractivity contribution in [2.45, 2.75) is 57.7 Å². The first-order valence-electron chi connectivity index (χ1n) is 6.84. The van der Waals surface area contributed by atoms with Crippen LogP contribution in [0.2, 0.25) is 0 Å². The number of esters is 1. The van der Waals surface area contributed by atoms with Crippen molar-refractivity contribution in [2.75, 3.05) is 13.2 Å². The predicted octanol–water partition coefficient (Wildman–Crippen LogP) is 3.04. The molecule has 1 N–H and O–H groups in total. The molecule has 0 aromatic rings. The van der Waals surface area contributed by atoms with Crippen LogP contribution in [0.4, 0.5) is 13.2 Å². The Morgan fingerprint density at radius 2 is 2.05 bits per heavy atom. The van der Waals surface area contributed by atoms with Gasteiger partial charge >= 0.3 is 12.1 Å². The Labute approximate surface area is 111 Å². The van der Waals surface area contributed by atoms with Crippen LogP contribution in [0.5, 0.6) is 0 Å². The van der Waals surface area contributed by atoms with Crippen molar-refractivity contribution >= 4 is 5.97 Å². The number of carbonyl (C=O) groups is 1. The molecular weight excluding hydrogens is 259 g/mol. The molecule has 3 nitrogen and oxygen atoms in total. The molecule has 0 amide bonds. The summed E-state index contributed by atoms with van der Waals surface area (Å²) < 4.78 is 42.4. The maximum atomic E-state index is 12.4. The third-order valence-corrected chi connectivity index (χ3v) is 3.81. The highest BCUT2D eigenvalue weighted by molar-refractivity contribution is 5.81. The van der Waals surface area contributed by atoms with Crippen LogP contribution in [0.15, 0.2) is 0 Å². The smallest absolute Gasteiger partial charge is 0.401 e. The summed E-state index contributed by atoms with van der Waals surface area (Å²) >= 11 is 0. The highest BCUT2D eigenvalue weighted by Crippen LogP contribution is 2.37. The largest absolute Gasteiger partial charge is 0.465 e. The molecule has 1 aliphatic rings. The molecule has 0 heterocycles. The van der Waals surface area contributed by atoms with Crippen molar-refractivity contribution < 1.29 is 22.7 Å². The van der Waals surface area contributed by atoms with Gasteiger partial charge in [-0.2, -0.15) is 13.2 Å². The van der Waals surface area contributed by atoms with E-state index in [2.05, 4.69) is 5.32 Å². The van der Waals surface area contributed by atoms with Crippen LogP contribution in [0.3, 0.4) is 0 Å². The fourth-order valence-electron chi connectivity index (χ4n) is 2.89. The third kappa shape index (κ3) is 4.09. The molecule has 112 valence electrons. The van der Waals surface area contributed by atoms with Gasteiger partial charge in [0.2, 0.25) is 0 Å². The number of rotatable bonds is 5. The summed E-state index contributed by atoms with van der Waals surface area (Å²) in [6.07, 6.45) is -0.771. The normalized spacial score (nSPS) is 28.2. The SMILES string of the molecule is CCOC(=O)C1(NCC(F)(F)F)CCCCC1CC. The summed E-state index contributed by atoms with van der Waals surface area (Å²) in [6, 6.07) is 0. The molecule has 19 heavy (non-hydrogen) atoms. The lowest BCUT2D eigenvalue weighted by molar-refractivity contribution is -0.161. The number of hydrogen-bond donors (Lipinski definition) is 1. The van der Waals surface area contributed by atoms with Crippen molar-refractivity contribution in [3.8, 4) is 0 Å². The number of ether oxygens (including phenoxy) is 1. The van der Waals surface area contributed by atoms with Crippen molar-refractivity contribution in [1.82, 2.24) is 5.32 Å². The molecule has 0 aromatic carbocycles. The standard InChI is InChI=1S/C13H22F3NO2/c1-3-10-7-5-6-8-12(10,11(18)19-4-2)17-9-13(14,15)16/h10,17H,3-9H2,1-2H3. The first kappa shape index (κ1) is 16.3. The summed E-state index contributed by atoms with van der Waals surface area (Å²) in [4.78, 5) is 12.2. The van der Waals surface area contributed by atoms with Crippen LogP contribution in [0.1, 0.15) is 46.0 Å². The van der Waals surface area contributed by atoms with E-state index >= 15 is 0 Å². The molecule has 1 aliphatic carbocycles. The van der Waals surface area contributed by atoms with Gasteiger partial charge in [-0.15, -0.1) is 0 Å². The van der Waals surface area contributed by atoms with Gasteiger partial charge in [0.05, 0.1) is 13.2 Å². The Bertz CT molecular complexity index is 307. The summed E-state index contributed by atoms with van der Waals surface area (Å²) in [7, 11) is 0. The maximum absolute atomic E-state index is 12.4. The lowest BCUT2D eigenvalue weighted by atomic mass is 9.71. The van der Waals surface area contributed by atoms with Gasteiger partial charge < -0.3 is 4.74 Å². The average Bonchev–Trinajstić information content (AvgIpc) is 2.36. The van der Waals surface area contributed by atoms with E-state index in [-0.39, 0.29) is 12.5 Å². The number of alkyl halides is 3. The zero-order chi connectivity index (χ0) is 14.5. The van der Waals surface area contributed by atoms with E-state index in [9.17, 15) is 18.0 Å². The highest BCUT2D eigenvalue weighted by Gasteiger charge is 2.48. The van der Waals surface area contributed by atoms with Gasteiger partial charge in [-0.05, 0) is 25.7 Å². The summed E-state index contributed by atoms with van der Waals surface area (Å²) in [6.45, 7) is 2.60. The number of nitrogens with one attached hydrogen (secondary N) is 1. The average molecular weight is 281 g/mol. The molecular formula is C13H22F3NO2. The van der Waals surface area contributed by atoms with Crippen LogP contribution in [-0.4, -0.2) is 30.8 Å². The molecule has 1 rings (SSSR count). The van der Waals surface area contributed by atoms with Crippen LogP contribution >= 0.6 is 0 Å². The lowest BCUT2D eigenvalue weighted by Crippen LogP contribution is -2.61. The minimum Gasteiger partial charge on any atom is -0.465 e. The minimum absolute atomic E-state index is 0.0948. The zero-order valence-corrected chi connectivity index (χ0v) is 11.5. The van der Waals surface area contributed by atoms with E-state index in [1.54, 1.807) is 6.92 Å². The predicted molar refractivity (Wildman–Crippen MR) is 65.7 cm³/mol. The molecule has 6 heteroatoms. The van der Waals surface area contributed by atoms with Gasteiger partial charge in [0.15, 0.2) is 0 Å². The van der Waals surface area contributed by atoms with Gasteiger partial charge in [0.25, 0.3) is 0 Å². The summed E-state index contributed by atoms with van der Waals surface area (Å²) in [5, 5.41) is 2.46. The van der Waals surface area contributed by atoms with E-state index in [0.717, 1.165) is 19.3 Å². The Hall–Kier alpha value is -0.780. The lowest BCUT2D eigenvalue weighted by Gasteiger charge is -2.42. The zero-order valence-electron chi connectivity index (χ0n) is 11.5. The Morgan fingerprint density at radius 1 is 1.37 bits per heavy atom. The fourth-order valence-corrected chi connectivity index (χ4v) is 2.89. The first-order valence-corrected chi connectivity index (χ1v) is 6.84. The van der Waals surface area contributed by atoms with Crippen molar-refractivity contribution in [3.05, 3.63) is 0 Å². The second-order valence-corrected chi connectivity index (χ2v) is 5.01. The fraction of sp³-hybridized carbons (Fsp3) is 0.923. The molecule has 0 aromatic heterocycles. The van der Waals surface area contributed by atoms with E-state index in [4.69, 9.17) is 4.74 Å². The van der Waals surface area contributed by atoms with Crippen molar-refractivity contribution in [1.29, 1.82) is 0 Å². The first-order chi connectivity index (χ1) is 8.85. The number of hydrogen-bond acceptors (Lipinski definition) is 3. The Balaban J connectivity index is 2.90. The van der Waals surface area contributed by atoms with Crippen molar-refractivity contribution in [2.24, 2.45) is 5.92 Å². The van der Waals surface area contributed by atoms with E-state index in [1.807, 2.05) is 6.92 Å². The Kier molecular flexibility index (Phi) is 5.64. The molecule has 0 bridgehead atoms. The minimum atomic E-state index is -4.32. The van der Waals surface area contributed by atoms with Crippen LogP contribution in [0.25, 0.3) is 0 Å². The second-order valence-electron chi connectivity index (χ2n) is 5.01. The quantitative estimate of drug-likeness (QED) is 0.787. The van der Waals surface area contributed by atoms with Gasteiger partial charge in [0.1, 0.15) is 5.54 Å². The maximum Gasteiger partial charge on any atom is 0.401 e. The topological polar surface area (TPSA) is 38.3 Å². The van der Waals surface area contributed by atoms with E-state index in [1.165, 1.54) is 0 Å². The van der Waals surface area contributed by atoms with Crippen LogP contribution in [0, 0.1) is 5.92 Å². The summed E-state index contributed by atoms with van der Waals surface area (Å²) in [5.41, 5.74) is -1.17. The highest BCUT2D eigenvalue weighted by atomic mass is 19.4. The van der Waals surface area contributed by atoms with E-state index in [0.29, 0.717) is 12.8 Å². The third-order valence-electron chi connectivity index (χ3n) is 3.81. The summed E-state index contributed by atoms with van der Waals surface area (Å²) in [5.74, 6) is -0.631. The monoisotopic (exact) mass is 281 g/mol. The molecule has 0 saturated heterocycles. The molecule has 2 atom stereocenters. The van der Waals surface area contributed by atoms with Crippen LogP contribution in [-0.2, 0) is 9.53 Å². The molecule has 1 fully saturated rings. The number of halogens is 3.